The summed E-state index contributed by atoms with van der Waals surface area (Å²) in [6, 6.07) is 0. The molecule has 1 unspecified atom stereocenters. The Morgan fingerprint density at radius 1 is 0.478 bits per heavy atom. The summed E-state index contributed by atoms with van der Waals surface area (Å²) in [5.41, 5.74) is 0. The van der Waals surface area contributed by atoms with Crippen LogP contribution in [0.4, 0.5) is 0 Å². The van der Waals surface area contributed by atoms with Crippen LogP contribution in [-0.2, 0) is 14.3 Å². The number of aliphatic carboxylic acids is 1. The van der Waals surface area contributed by atoms with Crippen molar-refractivity contribution in [2.24, 2.45) is 0 Å². The second kappa shape index (κ2) is 38.1. The van der Waals surface area contributed by atoms with Gasteiger partial charge in [-0.25, -0.2) is 0 Å². The molecule has 0 aliphatic carbocycles. The Balaban J connectivity index is 3.29. The summed E-state index contributed by atoms with van der Waals surface area (Å²) in [5, 5.41) is 8.65. The van der Waals surface area contributed by atoms with Crippen molar-refractivity contribution in [2.75, 3.05) is 0 Å². The van der Waals surface area contributed by atoms with Crippen LogP contribution in [0.5, 0.6) is 0 Å². The highest BCUT2D eigenvalue weighted by Gasteiger charge is 2.09. The first kappa shape index (κ1) is 44.7. The van der Waals surface area contributed by atoms with Crippen molar-refractivity contribution >= 4 is 11.9 Å². The normalized spacial score (nSPS) is 12.2. The topological polar surface area (TPSA) is 63.6 Å². The molecule has 0 fully saturated rings. The van der Waals surface area contributed by atoms with Gasteiger partial charge >= 0.3 is 11.9 Å². The van der Waals surface area contributed by atoms with E-state index in [1.807, 2.05) is 0 Å². The number of carbonyl (C=O) groups excluding carboxylic acids is 1. The predicted molar refractivity (Wildman–Crippen MR) is 200 cm³/mol. The van der Waals surface area contributed by atoms with Gasteiger partial charge in [0.25, 0.3) is 0 Å². The Labute approximate surface area is 287 Å². The van der Waals surface area contributed by atoms with E-state index >= 15 is 0 Å². The zero-order valence-corrected chi connectivity index (χ0v) is 31.2. The molecule has 0 aromatic heterocycles. The van der Waals surface area contributed by atoms with Crippen LogP contribution in [0, 0.1) is 0 Å². The van der Waals surface area contributed by atoms with E-state index in [9.17, 15) is 9.59 Å². The minimum atomic E-state index is -0.662. The van der Waals surface area contributed by atoms with E-state index in [0.717, 1.165) is 32.1 Å². The number of unbranched alkanes of at least 4 members (excludes halogenated alkanes) is 29. The zero-order chi connectivity index (χ0) is 33.6. The lowest BCUT2D eigenvalue weighted by Crippen LogP contribution is -2.14. The minimum absolute atomic E-state index is 0.00483. The molecule has 0 rings (SSSR count). The number of allylic oxidation sites excluding steroid dienone is 2. The van der Waals surface area contributed by atoms with Crippen molar-refractivity contribution < 1.29 is 19.4 Å². The van der Waals surface area contributed by atoms with Crippen LogP contribution in [0.15, 0.2) is 12.2 Å². The van der Waals surface area contributed by atoms with Gasteiger partial charge in [0.05, 0.1) is 6.10 Å². The molecule has 0 radical (unpaired) electrons. The predicted octanol–water partition coefficient (Wildman–Crippen LogP) is 14.2. The molecule has 0 aromatic rings. The number of hydrogen-bond acceptors (Lipinski definition) is 3. The fraction of sp³-hybridized carbons (Fsp3) is 0.905. The number of carboxylic acids is 1. The third-order valence-electron chi connectivity index (χ3n) is 9.48. The lowest BCUT2D eigenvalue weighted by molar-refractivity contribution is -0.148. The van der Waals surface area contributed by atoms with Crippen LogP contribution in [0.2, 0.25) is 0 Å². The average Bonchev–Trinajstić information content (AvgIpc) is 3.03. The molecule has 0 aliphatic rings. The number of carboxylic acid groups (broad SMARTS) is 1. The molecule has 0 bridgehead atoms. The highest BCUT2D eigenvalue weighted by Crippen LogP contribution is 2.16. The van der Waals surface area contributed by atoms with E-state index < -0.39 is 5.97 Å². The third-order valence-corrected chi connectivity index (χ3v) is 9.48. The van der Waals surface area contributed by atoms with Crippen molar-refractivity contribution in [2.45, 2.75) is 245 Å². The van der Waals surface area contributed by atoms with Crippen LogP contribution >= 0.6 is 0 Å². The van der Waals surface area contributed by atoms with Crippen molar-refractivity contribution in [3.05, 3.63) is 12.2 Å². The molecule has 4 heteroatoms. The third kappa shape index (κ3) is 38.9. The molecule has 1 atom stereocenters. The Hall–Kier alpha value is -1.32. The fourth-order valence-electron chi connectivity index (χ4n) is 6.40. The maximum atomic E-state index is 12.2. The van der Waals surface area contributed by atoms with Gasteiger partial charge in [0.2, 0.25) is 0 Å². The first-order valence-electron chi connectivity index (χ1n) is 20.6. The van der Waals surface area contributed by atoms with Crippen LogP contribution in [0.1, 0.15) is 239 Å². The van der Waals surface area contributed by atoms with Gasteiger partial charge in [0.1, 0.15) is 0 Å². The van der Waals surface area contributed by atoms with Gasteiger partial charge in [-0.1, -0.05) is 180 Å². The largest absolute Gasteiger partial charge is 0.481 e. The van der Waals surface area contributed by atoms with Crippen molar-refractivity contribution in [3.63, 3.8) is 0 Å². The maximum absolute atomic E-state index is 12.2. The summed E-state index contributed by atoms with van der Waals surface area (Å²) in [5.74, 6) is -0.657. The van der Waals surface area contributed by atoms with Gasteiger partial charge < -0.3 is 9.84 Å². The molecule has 46 heavy (non-hydrogen) atoms. The Morgan fingerprint density at radius 2 is 0.804 bits per heavy atom. The van der Waals surface area contributed by atoms with Crippen molar-refractivity contribution in [3.8, 4) is 0 Å². The summed E-state index contributed by atoms with van der Waals surface area (Å²) in [4.78, 5) is 22.7. The molecule has 0 aromatic carbocycles. The molecule has 0 aliphatic heterocycles. The average molecular weight is 649 g/mol. The van der Waals surface area contributed by atoms with E-state index in [1.165, 1.54) is 180 Å². The Kier molecular flexibility index (Phi) is 37.0. The molecule has 0 saturated heterocycles. The number of rotatable bonds is 38. The van der Waals surface area contributed by atoms with E-state index in [0.29, 0.717) is 12.8 Å². The van der Waals surface area contributed by atoms with Gasteiger partial charge in [0.15, 0.2) is 0 Å². The zero-order valence-electron chi connectivity index (χ0n) is 31.2. The first-order chi connectivity index (χ1) is 22.6. The van der Waals surface area contributed by atoms with Gasteiger partial charge in [-0.3, -0.25) is 9.59 Å². The van der Waals surface area contributed by atoms with Gasteiger partial charge in [-0.15, -0.1) is 0 Å². The molecule has 1 N–H and O–H groups in total. The summed E-state index contributed by atoms with van der Waals surface area (Å²) >= 11 is 0. The number of ether oxygens (including phenoxy) is 1. The second-order valence-electron chi connectivity index (χ2n) is 14.3. The van der Waals surface area contributed by atoms with Crippen LogP contribution in [0.25, 0.3) is 0 Å². The first-order valence-corrected chi connectivity index (χ1v) is 20.6. The Morgan fingerprint density at radius 3 is 1.20 bits per heavy atom. The quantitative estimate of drug-likeness (QED) is 0.0411. The summed E-state index contributed by atoms with van der Waals surface area (Å²) in [6.45, 7) is 4.34. The minimum Gasteiger partial charge on any atom is -0.481 e. The molecule has 0 spiro atoms. The molecule has 4 nitrogen and oxygen atoms in total. The van der Waals surface area contributed by atoms with Crippen LogP contribution in [-0.4, -0.2) is 23.1 Å². The summed E-state index contributed by atoms with van der Waals surface area (Å²) in [6.07, 6.45) is 48.0. The number of carbonyl (C=O) groups is 2. The molecular formula is C42H80O4. The van der Waals surface area contributed by atoms with Crippen LogP contribution in [0.3, 0.4) is 0 Å². The summed E-state index contributed by atoms with van der Waals surface area (Å²) < 4.78 is 5.66. The lowest BCUT2D eigenvalue weighted by Gasteiger charge is -2.13. The SMILES string of the molecule is CCCCCCCC/C=C\CCCCCCCCCC(=O)OC(C)CCCCCCCCCCCCCCCCCCCC(=O)O. The number of hydrogen-bond donors (Lipinski definition) is 1. The van der Waals surface area contributed by atoms with E-state index in [2.05, 4.69) is 26.0 Å². The second-order valence-corrected chi connectivity index (χ2v) is 14.3. The van der Waals surface area contributed by atoms with E-state index in [1.54, 1.807) is 0 Å². The van der Waals surface area contributed by atoms with Gasteiger partial charge in [-0.05, 0) is 58.3 Å². The Bertz CT molecular complexity index is 658. The molecular weight excluding hydrogens is 568 g/mol. The monoisotopic (exact) mass is 649 g/mol. The summed E-state index contributed by atoms with van der Waals surface area (Å²) in [7, 11) is 0. The van der Waals surface area contributed by atoms with Gasteiger partial charge in [-0.2, -0.15) is 0 Å². The van der Waals surface area contributed by atoms with E-state index in [-0.39, 0.29) is 12.1 Å². The molecule has 0 saturated carbocycles. The molecule has 272 valence electrons. The lowest BCUT2D eigenvalue weighted by atomic mass is 10.0. The van der Waals surface area contributed by atoms with Crippen molar-refractivity contribution in [1.82, 2.24) is 0 Å². The standard InChI is InChI=1S/C42H80O4/c1-3-4-5-6-7-8-9-10-11-13-18-21-24-27-30-33-36-39-42(45)46-40(2)37-34-31-28-25-22-19-16-14-12-15-17-20-23-26-29-32-35-38-41(43)44/h10-11,40H,3-9,12-39H2,1-2H3,(H,43,44)/b11-10-. The van der Waals surface area contributed by atoms with E-state index in [4.69, 9.17) is 9.84 Å². The molecule has 0 amide bonds. The van der Waals surface area contributed by atoms with Crippen molar-refractivity contribution in [1.29, 1.82) is 0 Å². The fourth-order valence-corrected chi connectivity index (χ4v) is 6.40. The maximum Gasteiger partial charge on any atom is 0.306 e. The highest BCUT2D eigenvalue weighted by molar-refractivity contribution is 5.69. The number of esters is 1. The van der Waals surface area contributed by atoms with Crippen LogP contribution < -0.4 is 0 Å². The van der Waals surface area contributed by atoms with Gasteiger partial charge in [0, 0.05) is 12.8 Å². The molecule has 0 heterocycles. The smallest absolute Gasteiger partial charge is 0.306 e. The highest BCUT2D eigenvalue weighted by atomic mass is 16.5.